The summed E-state index contributed by atoms with van der Waals surface area (Å²) in [7, 11) is 0. The summed E-state index contributed by atoms with van der Waals surface area (Å²) in [4.78, 5) is 13.1. The zero-order valence-corrected chi connectivity index (χ0v) is 16.4. The summed E-state index contributed by atoms with van der Waals surface area (Å²) in [6, 6.07) is 4.93. The number of hydrogen-bond acceptors (Lipinski definition) is 4. The molecule has 0 saturated carbocycles. The van der Waals surface area contributed by atoms with E-state index in [0.29, 0.717) is 10.9 Å². The lowest BCUT2D eigenvalue weighted by Gasteiger charge is -2.36. The number of nitro benzene ring substituents is 1. The molecule has 1 heterocycles. The number of hydrogen-bond donors (Lipinski definition) is 1. The number of piperazine rings is 1. The van der Waals surface area contributed by atoms with Gasteiger partial charge in [-0.3, -0.25) is 15.0 Å². The van der Waals surface area contributed by atoms with E-state index in [4.69, 9.17) is 11.6 Å². The highest BCUT2D eigenvalue weighted by atomic mass is 35.5. The van der Waals surface area contributed by atoms with Crippen molar-refractivity contribution in [1.82, 2.24) is 10.2 Å². The number of benzene rings is 1. The van der Waals surface area contributed by atoms with Gasteiger partial charge in [-0.15, -0.1) is 24.8 Å². The Morgan fingerprint density at radius 2 is 1.88 bits per heavy atom. The second kappa shape index (κ2) is 11.1. The van der Waals surface area contributed by atoms with Crippen molar-refractivity contribution in [3.8, 4) is 0 Å². The van der Waals surface area contributed by atoms with Crippen LogP contribution in [0.3, 0.4) is 0 Å². The van der Waals surface area contributed by atoms with Crippen LogP contribution in [0.5, 0.6) is 0 Å². The van der Waals surface area contributed by atoms with Gasteiger partial charge in [-0.05, 0) is 30.4 Å². The molecular formula is C16H26Cl3N3O2. The molecule has 1 aromatic rings. The third kappa shape index (κ3) is 6.37. The van der Waals surface area contributed by atoms with E-state index in [9.17, 15) is 10.1 Å². The fraction of sp³-hybridized carbons (Fsp3) is 0.625. The van der Waals surface area contributed by atoms with Crippen molar-refractivity contribution >= 4 is 42.1 Å². The van der Waals surface area contributed by atoms with Crippen molar-refractivity contribution in [3.63, 3.8) is 0 Å². The molecule has 8 heteroatoms. The highest BCUT2D eigenvalue weighted by Gasteiger charge is 2.25. The standard InChI is InChI=1S/C16H24ClN3O2.2ClH/c1-12(2)3-6-16(19-9-7-18-8-10-19)14-11-13(20(21)22)4-5-15(14)17;;/h4-5,11-12,16,18H,3,6-10H2,1-2H3;2*1H/t16-;;/m1../s1. The van der Waals surface area contributed by atoms with E-state index < -0.39 is 0 Å². The van der Waals surface area contributed by atoms with Crippen LogP contribution in [-0.4, -0.2) is 36.0 Å². The average molecular weight is 399 g/mol. The fourth-order valence-electron chi connectivity index (χ4n) is 2.92. The maximum atomic E-state index is 11.1. The van der Waals surface area contributed by atoms with Crippen LogP contribution in [0.25, 0.3) is 0 Å². The lowest BCUT2D eigenvalue weighted by Crippen LogP contribution is -2.45. The van der Waals surface area contributed by atoms with Crippen LogP contribution in [0.2, 0.25) is 5.02 Å². The molecule has 1 aliphatic rings. The largest absolute Gasteiger partial charge is 0.314 e. The van der Waals surface area contributed by atoms with Gasteiger partial charge in [0.15, 0.2) is 0 Å². The Morgan fingerprint density at radius 1 is 1.25 bits per heavy atom. The summed E-state index contributed by atoms with van der Waals surface area (Å²) in [6.45, 7) is 8.19. The first-order valence-corrected chi connectivity index (χ1v) is 8.25. The van der Waals surface area contributed by atoms with E-state index in [0.717, 1.165) is 44.6 Å². The number of nitro groups is 1. The molecule has 1 atom stereocenters. The third-order valence-corrected chi connectivity index (χ3v) is 4.50. The predicted octanol–water partition coefficient (Wildman–Crippen LogP) is 4.47. The normalized spacial score (nSPS) is 16.2. The number of rotatable bonds is 6. The third-order valence-electron chi connectivity index (χ3n) is 4.16. The molecule has 0 amide bonds. The van der Waals surface area contributed by atoms with Gasteiger partial charge in [0.2, 0.25) is 0 Å². The van der Waals surface area contributed by atoms with Crippen molar-refractivity contribution in [2.45, 2.75) is 32.7 Å². The Labute approximate surface area is 161 Å². The van der Waals surface area contributed by atoms with Crippen LogP contribution in [-0.2, 0) is 0 Å². The number of nitrogens with one attached hydrogen (secondary N) is 1. The van der Waals surface area contributed by atoms with Crippen molar-refractivity contribution < 1.29 is 4.92 Å². The topological polar surface area (TPSA) is 58.4 Å². The first kappa shape index (κ1) is 23.4. The second-order valence-corrected chi connectivity index (χ2v) is 6.64. The molecule has 1 aliphatic heterocycles. The molecule has 0 aromatic heterocycles. The molecule has 5 nitrogen and oxygen atoms in total. The molecule has 1 N–H and O–H groups in total. The minimum absolute atomic E-state index is 0. The number of non-ortho nitro benzene ring substituents is 1. The second-order valence-electron chi connectivity index (χ2n) is 6.24. The summed E-state index contributed by atoms with van der Waals surface area (Å²) < 4.78 is 0. The van der Waals surface area contributed by atoms with E-state index in [2.05, 4.69) is 24.1 Å². The van der Waals surface area contributed by atoms with E-state index in [1.54, 1.807) is 12.1 Å². The molecule has 1 saturated heterocycles. The molecule has 0 bridgehead atoms. The van der Waals surface area contributed by atoms with Crippen LogP contribution in [0, 0.1) is 16.0 Å². The van der Waals surface area contributed by atoms with Gasteiger partial charge in [0.25, 0.3) is 5.69 Å². The highest BCUT2D eigenvalue weighted by molar-refractivity contribution is 6.31. The summed E-state index contributed by atoms with van der Waals surface area (Å²) in [5.74, 6) is 0.600. The molecule has 2 rings (SSSR count). The van der Waals surface area contributed by atoms with E-state index in [-0.39, 0.29) is 41.5 Å². The van der Waals surface area contributed by atoms with Crippen molar-refractivity contribution in [2.75, 3.05) is 26.2 Å². The Hall–Kier alpha value is -0.590. The van der Waals surface area contributed by atoms with Crippen LogP contribution >= 0.6 is 36.4 Å². The van der Waals surface area contributed by atoms with Gasteiger partial charge < -0.3 is 5.32 Å². The molecule has 1 fully saturated rings. The van der Waals surface area contributed by atoms with Gasteiger partial charge >= 0.3 is 0 Å². The summed E-state index contributed by atoms with van der Waals surface area (Å²) in [6.07, 6.45) is 2.05. The Morgan fingerprint density at radius 3 is 2.42 bits per heavy atom. The lowest BCUT2D eigenvalue weighted by molar-refractivity contribution is -0.385. The zero-order valence-electron chi connectivity index (χ0n) is 14.0. The Kier molecular flexibility index (Phi) is 10.8. The smallest absolute Gasteiger partial charge is 0.269 e. The highest BCUT2D eigenvalue weighted by Crippen LogP contribution is 2.34. The van der Waals surface area contributed by atoms with Gasteiger partial charge in [0, 0.05) is 49.4 Å². The molecule has 1 aromatic carbocycles. The van der Waals surface area contributed by atoms with Gasteiger partial charge in [0.05, 0.1) is 4.92 Å². The lowest BCUT2D eigenvalue weighted by atomic mass is 9.95. The average Bonchev–Trinajstić information content (AvgIpc) is 2.49. The molecule has 138 valence electrons. The van der Waals surface area contributed by atoms with Crippen LogP contribution < -0.4 is 5.32 Å². The van der Waals surface area contributed by atoms with E-state index >= 15 is 0 Å². The van der Waals surface area contributed by atoms with Crippen molar-refractivity contribution in [3.05, 3.63) is 38.9 Å². The number of nitrogens with zero attached hydrogens (tertiary/aromatic N) is 2. The van der Waals surface area contributed by atoms with Crippen LogP contribution in [0.4, 0.5) is 5.69 Å². The summed E-state index contributed by atoms with van der Waals surface area (Å²) in [5.41, 5.74) is 1.00. The van der Waals surface area contributed by atoms with Crippen LogP contribution in [0.1, 0.15) is 38.3 Å². The minimum atomic E-state index is -0.350. The first-order chi connectivity index (χ1) is 10.5. The van der Waals surface area contributed by atoms with Gasteiger partial charge in [-0.1, -0.05) is 25.4 Å². The monoisotopic (exact) mass is 397 g/mol. The molecular weight excluding hydrogens is 373 g/mol. The number of halogens is 3. The van der Waals surface area contributed by atoms with E-state index in [1.165, 1.54) is 6.07 Å². The Bertz CT molecular complexity index is 523. The maximum absolute atomic E-state index is 11.1. The first-order valence-electron chi connectivity index (χ1n) is 7.87. The van der Waals surface area contributed by atoms with Crippen molar-refractivity contribution in [2.24, 2.45) is 5.92 Å². The molecule has 0 radical (unpaired) electrons. The molecule has 24 heavy (non-hydrogen) atoms. The van der Waals surface area contributed by atoms with E-state index in [1.807, 2.05) is 0 Å². The SMILES string of the molecule is CC(C)CC[C@H](c1cc([N+](=O)[O-])ccc1Cl)N1CCNCC1.Cl.Cl. The molecule has 0 spiro atoms. The zero-order chi connectivity index (χ0) is 16.1. The Balaban J connectivity index is 0.00000264. The van der Waals surface area contributed by atoms with Gasteiger partial charge in [-0.25, -0.2) is 0 Å². The summed E-state index contributed by atoms with van der Waals surface area (Å²) in [5, 5.41) is 15.0. The minimum Gasteiger partial charge on any atom is -0.314 e. The fourth-order valence-corrected chi connectivity index (χ4v) is 3.16. The van der Waals surface area contributed by atoms with Crippen LogP contribution in [0.15, 0.2) is 18.2 Å². The van der Waals surface area contributed by atoms with Crippen molar-refractivity contribution in [1.29, 1.82) is 0 Å². The predicted molar refractivity (Wildman–Crippen MR) is 104 cm³/mol. The molecule has 0 unspecified atom stereocenters. The maximum Gasteiger partial charge on any atom is 0.269 e. The summed E-state index contributed by atoms with van der Waals surface area (Å²) >= 11 is 6.37. The van der Waals surface area contributed by atoms with Gasteiger partial charge in [0.1, 0.15) is 0 Å². The molecule has 0 aliphatic carbocycles. The van der Waals surface area contributed by atoms with Gasteiger partial charge in [-0.2, -0.15) is 0 Å². The quantitative estimate of drug-likeness (QED) is 0.567.